The van der Waals surface area contributed by atoms with Crippen molar-refractivity contribution in [3.63, 3.8) is 0 Å². The Morgan fingerprint density at radius 3 is 2.63 bits per heavy atom. The van der Waals surface area contributed by atoms with Crippen LogP contribution in [0, 0.1) is 5.41 Å². The zero-order valence-corrected chi connectivity index (χ0v) is 18.0. The van der Waals surface area contributed by atoms with Crippen molar-refractivity contribution in [3.05, 3.63) is 33.9 Å². The van der Waals surface area contributed by atoms with Gasteiger partial charge in [0.25, 0.3) is 0 Å². The minimum absolute atomic E-state index is 0.0104. The number of hydrogen-bond donors (Lipinski definition) is 3. The summed E-state index contributed by atoms with van der Waals surface area (Å²) < 4.78 is 33.9. The first-order valence-electron chi connectivity index (χ1n) is 9.94. The van der Waals surface area contributed by atoms with Gasteiger partial charge >= 0.3 is 5.69 Å². The van der Waals surface area contributed by atoms with Crippen LogP contribution in [0.3, 0.4) is 0 Å². The van der Waals surface area contributed by atoms with Gasteiger partial charge in [-0.05, 0) is 38.8 Å². The summed E-state index contributed by atoms with van der Waals surface area (Å²) in [5.41, 5.74) is 1.84. The highest BCUT2D eigenvalue weighted by Gasteiger charge is 2.40. The van der Waals surface area contributed by atoms with Gasteiger partial charge in [0.2, 0.25) is 10.0 Å². The van der Waals surface area contributed by atoms with Gasteiger partial charge in [-0.3, -0.25) is 4.57 Å². The SMILES string of the molecule is CC(=N)/C(=C(/C)O)c1ccc2[nH]c(=O)n3c2c1OCC3C1CCCCN1S(C)(=O)=O. The number of rotatable bonds is 4. The normalized spacial score (nSPS) is 23.2. The molecule has 2 atom stereocenters. The highest BCUT2D eigenvalue weighted by atomic mass is 32.2. The van der Waals surface area contributed by atoms with Gasteiger partial charge < -0.3 is 20.2 Å². The van der Waals surface area contributed by atoms with Crippen LogP contribution in [-0.2, 0) is 10.0 Å². The lowest BCUT2D eigenvalue weighted by molar-refractivity contribution is 0.130. The third kappa shape index (κ3) is 3.24. The van der Waals surface area contributed by atoms with Crippen molar-refractivity contribution in [1.82, 2.24) is 13.9 Å². The van der Waals surface area contributed by atoms with Crippen LogP contribution in [-0.4, -0.2) is 58.5 Å². The Morgan fingerprint density at radius 1 is 1.27 bits per heavy atom. The van der Waals surface area contributed by atoms with Crippen LogP contribution in [0.1, 0.15) is 44.7 Å². The zero-order valence-electron chi connectivity index (χ0n) is 17.2. The van der Waals surface area contributed by atoms with E-state index in [0.29, 0.717) is 40.9 Å². The largest absolute Gasteiger partial charge is 0.512 e. The van der Waals surface area contributed by atoms with E-state index < -0.39 is 16.1 Å². The van der Waals surface area contributed by atoms with Crippen molar-refractivity contribution in [2.45, 2.75) is 45.2 Å². The van der Waals surface area contributed by atoms with E-state index in [0.717, 1.165) is 12.8 Å². The Hall–Kier alpha value is -2.59. The van der Waals surface area contributed by atoms with E-state index in [1.54, 1.807) is 23.6 Å². The van der Waals surface area contributed by atoms with Crippen LogP contribution in [0.4, 0.5) is 0 Å². The average Bonchev–Trinajstić information content (AvgIpc) is 3.00. The summed E-state index contributed by atoms with van der Waals surface area (Å²) in [5, 5.41) is 18.2. The Balaban J connectivity index is 1.92. The number of allylic oxidation sites excluding steroid dienone is 2. The van der Waals surface area contributed by atoms with Gasteiger partial charge in [0.15, 0.2) is 5.75 Å². The first-order valence-corrected chi connectivity index (χ1v) is 11.8. The second-order valence-corrected chi connectivity index (χ2v) is 9.97. The van der Waals surface area contributed by atoms with E-state index in [1.165, 1.54) is 17.5 Å². The predicted octanol–water partition coefficient (Wildman–Crippen LogP) is 2.41. The van der Waals surface area contributed by atoms with Gasteiger partial charge in [0, 0.05) is 29.4 Å². The molecule has 0 aliphatic carbocycles. The molecule has 9 nitrogen and oxygen atoms in total. The van der Waals surface area contributed by atoms with Gasteiger partial charge in [0.05, 0.1) is 23.6 Å². The molecule has 1 aromatic carbocycles. The van der Waals surface area contributed by atoms with Crippen molar-refractivity contribution >= 4 is 32.3 Å². The van der Waals surface area contributed by atoms with E-state index in [-0.39, 0.29) is 29.8 Å². The van der Waals surface area contributed by atoms with Crippen molar-refractivity contribution < 1.29 is 18.3 Å². The Bertz CT molecular complexity index is 1220. The molecule has 10 heteroatoms. The summed E-state index contributed by atoms with van der Waals surface area (Å²) in [5.74, 6) is 0.405. The molecule has 0 saturated carbocycles. The summed E-state index contributed by atoms with van der Waals surface area (Å²) in [4.78, 5) is 15.7. The number of piperidine rings is 1. The number of H-pyrrole nitrogens is 1. The van der Waals surface area contributed by atoms with Crippen LogP contribution in [0.15, 0.2) is 22.7 Å². The van der Waals surface area contributed by atoms with Gasteiger partial charge in [-0.25, -0.2) is 13.2 Å². The molecule has 0 radical (unpaired) electrons. The molecular formula is C20H26N4O5S. The number of benzene rings is 1. The molecule has 2 unspecified atom stereocenters. The standard InChI is InChI=1S/C20H26N4O5S/c1-11(21)17(12(2)25)13-7-8-14-18-19(13)29-10-16(24(18)20(26)22-14)15-6-4-5-9-23(15)30(3,27)28/h7-8,15-16,21,25H,4-6,9-10H2,1-3H3,(H,22,26)/b17-12+,21-11?. The van der Waals surface area contributed by atoms with Gasteiger partial charge in [-0.15, -0.1) is 0 Å². The summed E-state index contributed by atoms with van der Waals surface area (Å²) in [7, 11) is -3.43. The molecule has 0 amide bonds. The maximum atomic E-state index is 12.9. The zero-order chi connectivity index (χ0) is 21.8. The van der Waals surface area contributed by atoms with E-state index in [9.17, 15) is 18.3 Å². The van der Waals surface area contributed by atoms with Crippen molar-refractivity contribution in [1.29, 1.82) is 5.41 Å². The first-order chi connectivity index (χ1) is 14.1. The topological polar surface area (TPSA) is 128 Å². The lowest BCUT2D eigenvalue weighted by Gasteiger charge is -2.40. The summed E-state index contributed by atoms with van der Waals surface area (Å²) >= 11 is 0. The van der Waals surface area contributed by atoms with Crippen LogP contribution in [0.25, 0.3) is 16.6 Å². The summed E-state index contributed by atoms with van der Waals surface area (Å²) in [6.45, 7) is 3.64. The number of aliphatic hydroxyl groups is 1. The van der Waals surface area contributed by atoms with E-state index in [1.807, 2.05) is 0 Å². The molecular weight excluding hydrogens is 408 g/mol. The number of aromatic nitrogens is 2. The van der Waals surface area contributed by atoms with E-state index in [4.69, 9.17) is 10.1 Å². The molecule has 0 spiro atoms. The number of ether oxygens (including phenoxy) is 1. The van der Waals surface area contributed by atoms with E-state index >= 15 is 0 Å². The molecule has 1 aromatic heterocycles. The Kier molecular flexibility index (Phi) is 5.01. The number of sulfonamides is 1. The number of aliphatic hydroxyl groups excluding tert-OH is 1. The highest BCUT2D eigenvalue weighted by Crippen LogP contribution is 2.41. The van der Waals surface area contributed by atoms with Crippen LogP contribution in [0.5, 0.6) is 5.75 Å². The predicted molar refractivity (Wildman–Crippen MR) is 115 cm³/mol. The van der Waals surface area contributed by atoms with Gasteiger partial charge in [0.1, 0.15) is 12.1 Å². The minimum Gasteiger partial charge on any atom is -0.512 e. The molecule has 3 N–H and O–H groups in total. The molecule has 162 valence electrons. The Labute approximate surface area is 174 Å². The third-order valence-corrected chi connectivity index (χ3v) is 7.24. The second-order valence-electron chi connectivity index (χ2n) is 8.04. The monoisotopic (exact) mass is 434 g/mol. The van der Waals surface area contributed by atoms with Crippen molar-refractivity contribution in [2.24, 2.45) is 0 Å². The van der Waals surface area contributed by atoms with Crippen LogP contribution < -0.4 is 10.4 Å². The number of nitrogens with zero attached hydrogens (tertiary/aromatic N) is 2. The Morgan fingerprint density at radius 2 is 2.00 bits per heavy atom. The van der Waals surface area contributed by atoms with Crippen molar-refractivity contribution in [2.75, 3.05) is 19.4 Å². The van der Waals surface area contributed by atoms with Crippen LogP contribution >= 0.6 is 0 Å². The minimum atomic E-state index is -3.43. The number of imidazole rings is 1. The fourth-order valence-electron chi connectivity index (χ4n) is 4.77. The molecule has 1 fully saturated rings. The summed E-state index contributed by atoms with van der Waals surface area (Å²) in [6, 6.07) is 2.60. The van der Waals surface area contributed by atoms with Crippen LogP contribution in [0.2, 0.25) is 0 Å². The number of hydrogen-bond acceptors (Lipinski definition) is 6. The molecule has 2 aliphatic heterocycles. The summed E-state index contributed by atoms with van der Waals surface area (Å²) in [6.07, 6.45) is 3.52. The fourth-order valence-corrected chi connectivity index (χ4v) is 5.97. The quantitative estimate of drug-likeness (QED) is 0.503. The lowest BCUT2D eigenvalue weighted by Crippen LogP contribution is -2.51. The fraction of sp³-hybridized carbons (Fsp3) is 0.500. The first kappa shape index (κ1) is 20.7. The molecule has 4 rings (SSSR count). The van der Waals surface area contributed by atoms with E-state index in [2.05, 4.69) is 4.98 Å². The van der Waals surface area contributed by atoms with Gasteiger partial charge in [-0.2, -0.15) is 4.31 Å². The molecule has 2 aliphatic rings. The smallest absolute Gasteiger partial charge is 0.327 e. The number of aromatic amines is 1. The maximum Gasteiger partial charge on any atom is 0.327 e. The molecule has 3 heterocycles. The average molecular weight is 435 g/mol. The van der Waals surface area contributed by atoms with Crippen molar-refractivity contribution in [3.8, 4) is 5.75 Å². The maximum absolute atomic E-state index is 12.9. The molecule has 30 heavy (non-hydrogen) atoms. The molecule has 2 aromatic rings. The lowest BCUT2D eigenvalue weighted by atomic mass is 9.95. The second kappa shape index (κ2) is 7.28. The van der Waals surface area contributed by atoms with Gasteiger partial charge in [-0.1, -0.05) is 6.42 Å². The number of nitrogens with one attached hydrogen (secondary N) is 2. The molecule has 1 saturated heterocycles. The molecule has 0 bridgehead atoms. The third-order valence-electron chi connectivity index (χ3n) is 5.94. The highest BCUT2D eigenvalue weighted by molar-refractivity contribution is 7.88.